The first kappa shape index (κ1) is 12.4. The van der Waals surface area contributed by atoms with Crippen LogP contribution < -0.4 is 4.74 Å². The molecule has 0 N–H and O–H groups in total. The molecule has 1 aromatic carbocycles. The fourth-order valence-corrected chi connectivity index (χ4v) is 3.77. The van der Waals surface area contributed by atoms with Gasteiger partial charge in [0, 0.05) is 9.86 Å². The minimum Gasteiger partial charge on any atom is -0.403 e. The van der Waals surface area contributed by atoms with Crippen LogP contribution in [0.2, 0.25) is 0 Å². The Labute approximate surface area is 115 Å². The van der Waals surface area contributed by atoms with E-state index in [1.54, 1.807) is 18.2 Å². The Balaban J connectivity index is 2.61. The van der Waals surface area contributed by atoms with Crippen LogP contribution in [-0.4, -0.2) is 6.36 Å². The Hall–Kier alpha value is -0.0200. The van der Waals surface area contributed by atoms with Gasteiger partial charge >= 0.3 is 6.36 Å². The molecule has 1 aromatic heterocycles. The van der Waals surface area contributed by atoms with E-state index in [-0.39, 0.29) is 5.75 Å². The van der Waals surface area contributed by atoms with Crippen LogP contribution in [0, 0.1) is 2.88 Å². The summed E-state index contributed by atoms with van der Waals surface area (Å²) in [6.07, 6.45) is -4.66. The Morgan fingerprint density at radius 2 is 2.00 bits per heavy atom. The highest BCUT2D eigenvalue weighted by Crippen LogP contribution is 2.43. The molecule has 0 bridgehead atoms. The Kier molecular flexibility index (Phi) is 3.37. The van der Waals surface area contributed by atoms with Crippen molar-refractivity contribution in [3.63, 3.8) is 0 Å². The molecule has 0 saturated heterocycles. The van der Waals surface area contributed by atoms with Crippen LogP contribution in [0.4, 0.5) is 13.2 Å². The summed E-state index contributed by atoms with van der Waals surface area (Å²) < 4.78 is 42.6. The van der Waals surface area contributed by atoms with E-state index in [2.05, 4.69) is 20.7 Å². The summed E-state index contributed by atoms with van der Waals surface area (Å²) in [5.41, 5.74) is 0. The summed E-state index contributed by atoms with van der Waals surface area (Å²) in [7, 11) is 0. The molecule has 0 aliphatic carbocycles. The van der Waals surface area contributed by atoms with Gasteiger partial charge in [-0.25, -0.2) is 0 Å². The normalized spacial score (nSPS) is 12.1. The standard InChI is InChI=1S/C9H3BrF3IOS/c10-5-3-1-2-4-6(15-9(11,12)13)8(14)16-7(4)5/h1-3H. The number of alkyl halides is 3. The van der Waals surface area contributed by atoms with Gasteiger partial charge in [-0.2, -0.15) is 0 Å². The molecule has 0 fully saturated rings. The molecule has 2 rings (SSSR count). The van der Waals surface area contributed by atoms with Crippen molar-refractivity contribution in [1.29, 1.82) is 0 Å². The van der Waals surface area contributed by atoms with E-state index in [9.17, 15) is 13.2 Å². The Bertz CT molecular complexity index is 537. The molecule has 7 heteroatoms. The van der Waals surface area contributed by atoms with Crippen LogP contribution in [-0.2, 0) is 0 Å². The predicted octanol–water partition coefficient (Wildman–Crippen LogP) is 5.17. The van der Waals surface area contributed by atoms with Crippen LogP contribution in [0.5, 0.6) is 5.75 Å². The van der Waals surface area contributed by atoms with E-state index in [0.29, 0.717) is 8.27 Å². The summed E-state index contributed by atoms with van der Waals surface area (Å²) in [4.78, 5) is 0. The lowest BCUT2D eigenvalue weighted by atomic mass is 10.2. The van der Waals surface area contributed by atoms with E-state index in [0.717, 1.165) is 9.17 Å². The van der Waals surface area contributed by atoms with E-state index < -0.39 is 6.36 Å². The average Bonchev–Trinajstić information content (AvgIpc) is 2.44. The molecular weight excluding hydrogens is 420 g/mol. The molecule has 2 aromatic rings. The van der Waals surface area contributed by atoms with E-state index in [4.69, 9.17) is 0 Å². The van der Waals surface area contributed by atoms with Crippen molar-refractivity contribution in [1.82, 2.24) is 0 Å². The molecule has 1 nitrogen and oxygen atoms in total. The van der Waals surface area contributed by atoms with E-state index in [1.807, 2.05) is 22.6 Å². The number of fused-ring (bicyclic) bond motifs is 1. The summed E-state index contributed by atoms with van der Waals surface area (Å²) in [6.45, 7) is 0. The number of rotatable bonds is 1. The zero-order valence-corrected chi connectivity index (χ0v) is 12.0. The first-order valence-corrected chi connectivity index (χ1v) is 6.69. The average molecular weight is 423 g/mol. The molecule has 1 heterocycles. The second-order valence-corrected chi connectivity index (χ2v) is 6.55. The molecule has 0 amide bonds. The number of hydrogen-bond acceptors (Lipinski definition) is 2. The molecule has 0 atom stereocenters. The minimum absolute atomic E-state index is 0.116. The second-order valence-electron chi connectivity index (χ2n) is 2.87. The number of ether oxygens (including phenoxy) is 1. The summed E-state index contributed by atoms with van der Waals surface area (Å²) in [5.74, 6) is -0.116. The van der Waals surface area contributed by atoms with Crippen molar-refractivity contribution in [2.45, 2.75) is 6.36 Å². The van der Waals surface area contributed by atoms with Gasteiger partial charge in [-0.1, -0.05) is 6.07 Å². The molecule has 0 radical (unpaired) electrons. The third-order valence-corrected chi connectivity index (χ3v) is 4.88. The fraction of sp³-hybridized carbons (Fsp3) is 0.111. The minimum atomic E-state index is -4.66. The smallest absolute Gasteiger partial charge is 0.403 e. The van der Waals surface area contributed by atoms with Crippen LogP contribution >= 0.6 is 49.9 Å². The molecule has 0 saturated carbocycles. The summed E-state index contributed by atoms with van der Waals surface area (Å²) in [5, 5.41) is 0.473. The third-order valence-electron chi connectivity index (χ3n) is 1.80. The Morgan fingerprint density at radius 1 is 1.31 bits per heavy atom. The van der Waals surface area contributed by atoms with Gasteiger partial charge in [0.25, 0.3) is 0 Å². The summed E-state index contributed by atoms with van der Waals surface area (Å²) >= 11 is 6.40. The maximum Gasteiger partial charge on any atom is 0.573 e. The highest BCUT2D eigenvalue weighted by Gasteiger charge is 2.33. The van der Waals surface area contributed by atoms with Crippen molar-refractivity contribution in [2.24, 2.45) is 0 Å². The van der Waals surface area contributed by atoms with Gasteiger partial charge in [-0.15, -0.1) is 24.5 Å². The summed E-state index contributed by atoms with van der Waals surface area (Å²) in [6, 6.07) is 5.07. The largest absolute Gasteiger partial charge is 0.573 e. The fourth-order valence-electron chi connectivity index (χ4n) is 1.24. The maximum absolute atomic E-state index is 12.2. The van der Waals surface area contributed by atoms with E-state index >= 15 is 0 Å². The maximum atomic E-state index is 12.2. The van der Waals surface area contributed by atoms with Crippen LogP contribution in [0.15, 0.2) is 22.7 Å². The van der Waals surface area contributed by atoms with Gasteiger partial charge in [-0.05, 0) is 50.7 Å². The van der Waals surface area contributed by atoms with Crippen LogP contribution in [0.3, 0.4) is 0 Å². The molecule has 16 heavy (non-hydrogen) atoms. The third kappa shape index (κ3) is 2.45. The van der Waals surface area contributed by atoms with Crippen molar-refractivity contribution >= 4 is 59.9 Å². The quantitative estimate of drug-likeness (QED) is 0.576. The molecule has 0 unspecified atom stereocenters. The number of benzene rings is 1. The van der Waals surface area contributed by atoms with Gasteiger partial charge in [0.05, 0.1) is 4.70 Å². The monoisotopic (exact) mass is 422 g/mol. The van der Waals surface area contributed by atoms with Crippen molar-refractivity contribution < 1.29 is 17.9 Å². The SMILES string of the molecule is FC(F)(F)Oc1c(I)sc2c(Br)cccc12. The van der Waals surface area contributed by atoms with Gasteiger partial charge in [-0.3, -0.25) is 0 Å². The Morgan fingerprint density at radius 3 is 2.62 bits per heavy atom. The lowest BCUT2D eigenvalue weighted by Crippen LogP contribution is -2.17. The molecule has 0 aliphatic rings. The number of halogens is 5. The van der Waals surface area contributed by atoms with Gasteiger partial charge in [0.2, 0.25) is 0 Å². The highest BCUT2D eigenvalue weighted by atomic mass is 127. The lowest BCUT2D eigenvalue weighted by molar-refractivity contribution is -0.274. The molecule has 86 valence electrons. The predicted molar refractivity (Wildman–Crippen MR) is 68.9 cm³/mol. The van der Waals surface area contributed by atoms with Crippen molar-refractivity contribution in [3.8, 4) is 5.75 Å². The first-order chi connectivity index (χ1) is 7.38. The van der Waals surface area contributed by atoms with Gasteiger partial charge in [0.15, 0.2) is 5.75 Å². The van der Waals surface area contributed by atoms with Gasteiger partial charge in [0.1, 0.15) is 2.88 Å². The van der Waals surface area contributed by atoms with Gasteiger partial charge < -0.3 is 4.74 Å². The van der Waals surface area contributed by atoms with Crippen molar-refractivity contribution in [3.05, 3.63) is 25.6 Å². The topological polar surface area (TPSA) is 9.23 Å². The second kappa shape index (κ2) is 4.34. The zero-order chi connectivity index (χ0) is 11.9. The zero-order valence-electron chi connectivity index (χ0n) is 7.44. The van der Waals surface area contributed by atoms with Crippen molar-refractivity contribution in [2.75, 3.05) is 0 Å². The van der Waals surface area contributed by atoms with Crippen LogP contribution in [0.25, 0.3) is 10.1 Å². The number of hydrogen-bond donors (Lipinski definition) is 0. The van der Waals surface area contributed by atoms with Crippen LogP contribution in [0.1, 0.15) is 0 Å². The number of thiophene rings is 1. The van der Waals surface area contributed by atoms with E-state index in [1.165, 1.54) is 11.3 Å². The molecular formula is C9H3BrF3IOS. The highest BCUT2D eigenvalue weighted by molar-refractivity contribution is 14.1. The first-order valence-electron chi connectivity index (χ1n) is 4.01. The molecule has 0 aliphatic heterocycles. The molecule has 0 spiro atoms. The lowest BCUT2D eigenvalue weighted by Gasteiger charge is -2.08.